The fourth-order valence-corrected chi connectivity index (χ4v) is 8.57. The number of carbonyl (C=O) groups excluding carboxylic acids is 3. The van der Waals surface area contributed by atoms with Gasteiger partial charge in [-0.1, -0.05) is 278 Å². The lowest BCUT2D eigenvalue weighted by molar-refractivity contribution is -0.167. The largest absolute Gasteiger partial charge is 0.462 e. The van der Waals surface area contributed by atoms with Gasteiger partial charge in [0.05, 0.1) is 0 Å². The van der Waals surface area contributed by atoms with Crippen LogP contribution in [0.1, 0.15) is 317 Å². The van der Waals surface area contributed by atoms with Crippen molar-refractivity contribution in [1.82, 2.24) is 0 Å². The SMILES string of the molecule is CCCCCCCCCCCCCCCCC(=O)OC[C@@H](COC(=O)CCCCCCCCCCC)OC(=O)CCCCCCCCCCCCCCCCCCCCC(C)C. The minimum absolute atomic E-state index is 0.0622. The van der Waals surface area contributed by atoms with Crippen LogP contribution >= 0.6 is 0 Å². The maximum absolute atomic E-state index is 12.8. The van der Waals surface area contributed by atoms with Gasteiger partial charge in [0.25, 0.3) is 0 Å². The van der Waals surface area contributed by atoms with Crippen molar-refractivity contribution >= 4 is 17.9 Å². The molecule has 0 fully saturated rings. The van der Waals surface area contributed by atoms with Crippen LogP contribution in [0.4, 0.5) is 0 Å². The average molecular weight is 877 g/mol. The van der Waals surface area contributed by atoms with E-state index in [1.807, 2.05) is 0 Å². The first-order chi connectivity index (χ1) is 30.4. The average Bonchev–Trinajstić information content (AvgIpc) is 3.26. The topological polar surface area (TPSA) is 78.9 Å². The molecule has 0 saturated heterocycles. The summed E-state index contributed by atoms with van der Waals surface area (Å²) in [6.07, 6.45) is 53.8. The monoisotopic (exact) mass is 877 g/mol. The zero-order valence-electron chi connectivity index (χ0n) is 42.3. The first-order valence-electron chi connectivity index (χ1n) is 27.9. The van der Waals surface area contributed by atoms with E-state index in [4.69, 9.17) is 14.2 Å². The van der Waals surface area contributed by atoms with Crippen molar-refractivity contribution in [2.24, 2.45) is 5.92 Å². The number of ether oxygens (including phenoxy) is 3. The molecule has 62 heavy (non-hydrogen) atoms. The number of hydrogen-bond acceptors (Lipinski definition) is 6. The zero-order valence-corrected chi connectivity index (χ0v) is 42.3. The summed E-state index contributed by atoms with van der Waals surface area (Å²) in [6, 6.07) is 0. The summed E-state index contributed by atoms with van der Waals surface area (Å²) in [5.74, 6) is 0.0168. The number of unbranched alkanes of at least 4 members (excludes halogenated alkanes) is 38. The zero-order chi connectivity index (χ0) is 45.2. The smallest absolute Gasteiger partial charge is 0.306 e. The van der Waals surface area contributed by atoms with E-state index in [1.54, 1.807) is 0 Å². The van der Waals surface area contributed by atoms with E-state index in [0.717, 1.165) is 63.7 Å². The molecule has 1 atom stereocenters. The van der Waals surface area contributed by atoms with Crippen molar-refractivity contribution in [3.8, 4) is 0 Å². The fraction of sp³-hybridized carbons (Fsp3) is 0.946. The lowest BCUT2D eigenvalue weighted by atomic mass is 10.0. The summed E-state index contributed by atoms with van der Waals surface area (Å²) in [4.78, 5) is 37.9. The van der Waals surface area contributed by atoms with Gasteiger partial charge in [0, 0.05) is 19.3 Å². The van der Waals surface area contributed by atoms with Gasteiger partial charge >= 0.3 is 17.9 Å². The maximum Gasteiger partial charge on any atom is 0.306 e. The fourth-order valence-electron chi connectivity index (χ4n) is 8.57. The first kappa shape index (κ1) is 60.4. The maximum atomic E-state index is 12.8. The molecule has 6 heteroatoms. The molecule has 6 nitrogen and oxygen atoms in total. The van der Waals surface area contributed by atoms with Crippen LogP contribution < -0.4 is 0 Å². The second-order valence-corrected chi connectivity index (χ2v) is 19.7. The molecule has 0 aliphatic rings. The van der Waals surface area contributed by atoms with Crippen LogP contribution in [0, 0.1) is 5.92 Å². The molecule has 0 bridgehead atoms. The Bertz CT molecular complexity index is 933. The van der Waals surface area contributed by atoms with Crippen LogP contribution in [0.25, 0.3) is 0 Å². The van der Waals surface area contributed by atoms with Gasteiger partial charge in [-0.25, -0.2) is 0 Å². The molecule has 0 saturated carbocycles. The highest BCUT2D eigenvalue weighted by atomic mass is 16.6. The Labute approximate surface area is 387 Å². The lowest BCUT2D eigenvalue weighted by Gasteiger charge is -2.18. The summed E-state index contributed by atoms with van der Waals surface area (Å²) < 4.78 is 16.8. The molecule has 0 unspecified atom stereocenters. The summed E-state index contributed by atoms with van der Waals surface area (Å²) >= 11 is 0. The van der Waals surface area contributed by atoms with Crippen molar-refractivity contribution in [3.63, 3.8) is 0 Å². The Balaban J connectivity index is 4.19. The minimum Gasteiger partial charge on any atom is -0.462 e. The molecular formula is C56H108O6. The van der Waals surface area contributed by atoms with Crippen molar-refractivity contribution < 1.29 is 28.6 Å². The quantitative estimate of drug-likeness (QED) is 0.0344. The van der Waals surface area contributed by atoms with Crippen molar-refractivity contribution in [1.29, 1.82) is 0 Å². The first-order valence-corrected chi connectivity index (χ1v) is 27.9. The van der Waals surface area contributed by atoms with Gasteiger partial charge in [0.15, 0.2) is 6.10 Å². The standard InChI is InChI=1S/C56H108O6/c1-5-7-9-11-13-15-16-17-25-28-32-36-40-44-48-55(58)61-51-53(50-60-54(57)47-43-39-35-30-14-12-10-8-6-2)62-56(59)49-45-41-37-33-29-26-23-21-19-18-20-22-24-27-31-34-38-42-46-52(3)4/h52-53H,5-51H2,1-4H3/t53-/m1/s1. The molecule has 0 spiro atoms. The van der Waals surface area contributed by atoms with Gasteiger partial charge in [-0.2, -0.15) is 0 Å². The van der Waals surface area contributed by atoms with Crippen LogP contribution in [0.2, 0.25) is 0 Å². The van der Waals surface area contributed by atoms with Crippen molar-refractivity contribution in [2.45, 2.75) is 323 Å². The molecule has 0 amide bonds. The van der Waals surface area contributed by atoms with Crippen molar-refractivity contribution in [3.05, 3.63) is 0 Å². The van der Waals surface area contributed by atoms with E-state index in [-0.39, 0.29) is 31.1 Å². The highest BCUT2D eigenvalue weighted by Gasteiger charge is 2.19. The summed E-state index contributed by atoms with van der Waals surface area (Å²) in [5.41, 5.74) is 0. The van der Waals surface area contributed by atoms with E-state index in [2.05, 4.69) is 27.7 Å². The predicted octanol–water partition coefficient (Wildman–Crippen LogP) is 18.2. The van der Waals surface area contributed by atoms with Crippen LogP contribution in [0.5, 0.6) is 0 Å². The Morgan fingerprint density at radius 2 is 0.532 bits per heavy atom. The number of rotatable bonds is 51. The molecule has 0 rings (SSSR count). The summed E-state index contributed by atoms with van der Waals surface area (Å²) in [6.45, 7) is 9.04. The van der Waals surface area contributed by atoms with Crippen LogP contribution in [0.15, 0.2) is 0 Å². The van der Waals surface area contributed by atoms with E-state index in [0.29, 0.717) is 19.3 Å². The van der Waals surface area contributed by atoms with Gasteiger partial charge < -0.3 is 14.2 Å². The number of hydrogen-bond donors (Lipinski definition) is 0. The van der Waals surface area contributed by atoms with Gasteiger partial charge in [0.1, 0.15) is 13.2 Å². The highest BCUT2D eigenvalue weighted by molar-refractivity contribution is 5.71. The van der Waals surface area contributed by atoms with Gasteiger partial charge in [-0.15, -0.1) is 0 Å². The van der Waals surface area contributed by atoms with Crippen LogP contribution in [-0.4, -0.2) is 37.2 Å². The Morgan fingerprint density at radius 3 is 0.790 bits per heavy atom. The molecule has 0 heterocycles. The summed E-state index contributed by atoms with van der Waals surface area (Å²) in [7, 11) is 0. The molecule has 0 aliphatic heterocycles. The third kappa shape index (κ3) is 49.4. The second-order valence-electron chi connectivity index (χ2n) is 19.7. The number of carbonyl (C=O) groups is 3. The summed E-state index contributed by atoms with van der Waals surface area (Å²) in [5, 5.41) is 0. The highest BCUT2D eigenvalue weighted by Crippen LogP contribution is 2.18. The molecule has 0 aromatic carbocycles. The van der Waals surface area contributed by atoms with E-state index in [9.17, 15) is 14.4 Å². The van der Waals surface area contributed by atoms with E-state index < -0.39 is 6.10 Å². The van der Waals surface area contributed by atoms with Crippen LogP contribution in [-0.2, 0) is 28.6 Å². The minimum atomic E-state index is -0.760. The Hall–Kier alpha value is -1.59. The molecule has 0 aromatic rings. The molecular weight excluding hydrogens is 769 g/mol. The predicted molar refractivity (Wildman–Crippen MR) is 266 cm³/mol. The van der Waals surface area contributed by atoms with Crippen LogP contribution in [0.3, 0.4) is 0 Å². The number of esters is 3. The Kier molecular flexibility index (Phi) is 49.1. The lowest BCUT2D eigenvalue weighted by Crippen LogP contribution is -2.30. The molecule has 0 N–H and O–H groups in total. The van der Waals surface area contributed by atoms with E-state index >= 15 is 0 Å². The molecule has 0 radical (unpaired) electrons. The third-order valence-electron chi connectivity index (χ3n) is 12.8. The second kappa shape index (κ2) is 50.4. The van der Waals surface area contributed by atoms with Crippen molar-refractivity contribution in [2.75, 3.05) is 13.2 Å². The van der Waals surface area contributed by atoms with Gasteiger partial charge in [-0.3, -0.25) is 14.4 Å². The Morgan fingerprint density at radius 1 is 0.306 bits per heavy atom. The van der Waals surface area contributed by atoms with Gasteiger partial charge in [0.2, 0.25) is 0 Å². The normalized spacial score (nSPS) is 12.0. The van der Waals surface area contributed by atoms with Gasteiger partial charge in [-0.05, 0) is 25.2 Å². The third-order valence-corrected chi connectivity index (χ3v) is 12.8. The van der Waals surface area contributed by atoms with E-state index in [1.165, 1.54) is 212 Å². The molecule has 0 aromatic heterocycles. The molecule has 368 valence electrons. The molecule has 0 aliphatic carbocycles.